The predicted molar refractivity (Wildman–Crippen MR) is 42.2 cm³/mol. The highest BCUT2D eigenvalue weighted by Crippen LogP contribution is 2.03. The first-order valence-electron chi connectivity index (χ1n) is 3.61. The van der Waals surface area contributed by atoms with Crippen molar-refractivity contribution in [3.05, 3.63) is 12.2 Å². The van der Waals surface area contributed by atoms with Crippen molar-refractivity contribution in [1.82, 2.24) is 4.90 Å². The van der Waals surface area contributed by atoms with E-state index in [0.717, 1.165) is 4.90 Å². The molecule has 2 radical (unpaired) electrons. The number of carbonyl (C=O) groups excluding carboxylic acids is 2. The van der Waals surface area contributed by atoms with Crippen molar-refractivity contribution < 1.29 is 14.2 Å². The quantitative estimate of drug-likeness (QED) is 0.317. The van der Waals surface area contributed by atoms with Gasteiger partial charge in [0.05, 0.1) is 0 Å². The summed E-state index contributed by atoms with van der Waals surface area (Å²) in [5.74, 6) is -0.533. The van der Waals surface area contributed by atoms with Crippen LogP contribution >= 0.6 is 0 Å². The highest BCUT2D eigenvalue weighted by Gasteiger charge is 2.21. The molecule has 0 saturated heterocycles. The Labute approximate surface area is 71.6 Å². The third kappa shape index (κ3) is 1.95. The molecule has 0 fully saturated rings. The van der Waals surface area contributed by atoms with Crippen molar-refractivity contribution in [2.45, 2.75) is 6.42 Å². The Bertz CT molecular complexity index is 209. The molecule has 1 heterocycles. The van der Waals surface area contributed by atoms with Crippen molar-refractivity contribution in [3.63, 3.8) is 0 Å². The van der Waals surface area contributed by atoms with Crippen LogP contribution in [0.5, 0.6) is 0 Å². The van der Waals surface area contributed by atoms with Gasteiger partial charge in [0, 0.05) is 25.3 Å². The average molecular weight is 165 g/mol. The minimum Gasteiger partial charge on any atom is -0.448 e. The van der Waals surface area contributed by atoms with E-state index in [2.05, 4.69) is 4.65 Å². The van der Waals surface area contributed by atoms with E-state index in [0.29, 0.717) is 19.6 Å². The number of hydrogen-bond acceptors (Lipinski definition) is 3. The summed E-state index contributed by atoms with van der Waals surface area (Å²) in [7, 11) is 4.78. The molecule has 4 nitrogen and oxygen atoms in total. The Kier molecular flexibility index (Phi) is 3.05. The number of rotatable bonds is 4. The van der Waals surface area contributed by atoms with E-state index in [1.807, 2.05) is 0 Å². The first kappa shape index (κ1) is 9.00. The summed E-state index contributed by atoms with van der Waals surface area (Å²) in [5, 5.41) is 0. The van der Waals surface area contributed by atoms with Gasteiger partial charge in [0.2, 0.25) is 0 Å². The van der Waals surface area contributed by atoms with Crippen LogP contribution in [0.25, 0.3) is 0 Å². The number of imide groups is 1. The summed E-state index contributed by atoms with van der Waals surface area (Å²) in [5.41, 5.74) is 0. The van der Waals surface area contributed by atoms with Crippen LogP contribution in [0.2, 0.25) is 0 Å². The van der Waals surface area contributed by atoms with Crippen LogP contribution in [0.15, 0.2) is 12.2 Å². The zero-order valence-corrected chi connectivity index (χ0v) is 6.53. The Hall–Kier alpha value is -1.10. The molecule has 2 amide bonds. The minimum atomic E-state index is -0.267. The lowest BCUT2D eigenvalue weighted by Gasteiger charge is -2.12. The summed E-state index contributed by atoms with van der Waals surface area (Å²) >= 11 is 0. The molecule has 12 heavy (non-hydrogen) atoms. The van der Waals surface area contributed by atoms with E-state index in [-0.39, 0.29) is 11.8 Å². The molecule has 62 valence electrons. The average Bonchev–Trinajstić information content (AvgIpc) is 2.35. The fraction of sp³-hybridized carbons (Fsp3) is 0.429. The van der Waals surface area contributed by atoms with Crippen molar-refractivity contribution in [2.24, 2.45) is 0 Å². The van der Waals surface area contributed by atoms with E-state index < -0.39 is 0 Å². The van der Waals surface area contributed by atoms with Crippen LogP contribution in [-0.4, -0.2) is 37.9 Å². The van der Waals surface area contributed by atoms with Crippen LogP contribution in [0.3, 0.4) is 0 Å². The highest BCUT2D eigenvalue weighted by atomic mass is 16.4. The normalized spacial score (nSPS) is 16.2. The SMILES string of the molecule is [B]OCCCN1C(=O)C=CC1=O. The van der Waals surface area contributed by atoms with Gasteiger partial charge in [-0.25, -0.2) is 0 Å². The second kappa shape index (κ2) is 4.06. The van der Waals surface area contributed by atoms with Gasteiger partial charge in [-0.3, -0.25) is 14.5 Å². The second-order valence-electron chi connectivity index (χ2n) is 2.39. The maximum atomic E-state index is 10.9. The lowest BCUT2D eigenvalue weighted by Crippen LogP contribution is -2.31. The minimum absolute atomic E-state index is 0.267. The van der Waals surface area contributed by atoms with E-state index in [1.54, 1.807) is 0 Å². The fourth-order valence-corrected chi connectivity index (χ4v) is 0.958. The molecule has 0 bridgehead atoms. The summed E-state index contributed by atoms with van der Waals surface area (Å²) < 4.78 is 4.30. The van der Waals surface area contributed by atoms with Gasteiger partial charge >= 0.3 is 0 Å². The monoisotopic (exact) mass is 165 g/mol. The molecule has 0 aromatic rings. The molecule has 1 rings (SSSR count). The Morgan fingerprint density at radius 1 is 1.33 bits per heavy atom. The lowest BCUT2D eigenvalue weighted by molar-refractivity contribution is -0.136. The van der Waals surface area contributed by atoms with Crippen LogP contribution in [0.1, 0.15) is 6.42 Å². The molecule has 5 heteroatoms. The lowest BCUT2D eigenvalue weighted by atomic mass is 10.4. The van der Waals surface area contributed by atoms with E-state index in [1.165, 1.54) is 12.2 Å². The molecular weight excluding hydrogens is 157 g/mol. The molecule has 0 unspecified atom stereocenters. The van der Waals surface area contributed by atoms with Crippen molar-refractivity contribution in [2.75, 3.05) is 13.2 Å². The summed E-state index contributed by atoms with van der Waals surface area (Å²) in [6.45, 7) is 0.707. The maximum absolute atomic E-state index is 10.9. The Morgan fingerprint density at radius 2 is 1.92 bits per heavy atom. The highest BCUT2D eigenvalue weighted by molar-refractivity contribution is 6.12. The first-order valence-corrected chi connectivity index (χ1v) is 3.61. The number of carbonyl (C=O) groups is 2. The molecule has 0 N–H and O–H groups in total. The van der Waals surface area contributed by atoms with E-state index in [9.17, 15) is 9.59 Å². The van der Waals surface area contributed by atoms with Gasteiger partial charge in [-0.2, -0.15) is 0 Å². The Morgan fingerprint density at radius 3 is 2.42 bits per heavy atom. The van der Waals surface area contributed by atoms with Crippen LogP contribution in [-0.2, 0) is 14.2 Å². The molecule has 0 aromatic heterocycles. The molecule has 0 aromatic carbocycles. The molecule has 1 aliphatic rings. The molecule has 0 atom stereocenters. The van der Waals surface area contributed by atoms with Gasteiger partial charge in [-0.15, -0.1) is 0 Å². The molecule has 1 aliphatic heterocycles. The van der Waals surface area contributed by atoms with Crippen molar-refractivity contribution in [3.8, 4) is 0 Å². The summed E-state index contributed by atoms with van der Waals surface area (Å²) in [6.07, 6.45) is 3.08. The van der Waals surface area contributed by atoms with Gasteiger partial charge in [-0.1, -0.05) is 0 Å². The van der Waals surface area contributed by atoms with Crippen molar-refractivity contribution >= 4 is 19.9 Å². The summed E-state index contributed by atoms with van der Waals surface area (Å²) in [4.78, 5) is 23.0. The Balaban J connectivity index is 2.33. The maximum Gasteiger partial charge on any atom is 0.282 e. The van der Waals surface area contributed by atoms with Gasteiger partial charge in [-0.05, 0) is 6.42 Å². The van der Waals surface area contributed by atoms with Gasteiger partial charge < -0.3 is 4.65 Å². The van der Waals surface area contributed by atoms with Gasteiger partial charge in [0.15, 0.2) is 0 Å². The fourth-order valence-electron chi connectivity index (χ4n) is 0.958. The van der Waals surface area contributed by atoms with Crippen molar-refractivity contribution in [1.29, 1.82) is 0 Å². The van der Waals surface area contributed by atoms with Gasteiger partial charge in [0.1, 0.15) is 0 Å². The number of amides is 2. The first-order chi connectivity index (χ1) is 5.75. The predicted octanol–water partition coefficient (Wildman–Crippen LogP) is -0.598. The van der Waals surface area contributed by atoms with E-state index in [4.69, 9.17) is 8.05 Å². The standard InChI is InChI=1S/C7H8BNO3/c8-12-5-1-4-9-6(10)2-3-7(9)11/h2-3H,1,4-5H2. The third-order valence-electron chi connectivity index (χ3n) is 1.54. The molecule has 0 saturated carbocycles. The zero-order chi connectivity index (χ0) is 8.97. The second-order valence-corrected chi connectivity index (χ2v) is 2.39. The summed E-state index contributed by atoms with van der Waals surface area (Å²) in [6, 6.07) is 0. The molecule has 0 spiro atoms. The van der Waals surface area contributed by atoms with Crippen LogP contribution in [0, 0.1) is 0 Å². The third-order valence-corrected chi connectivity index (χ3v) is 1.54. The van der Waals surface area contributed by atoms with E-state index >= 15 is 0 Å². The van der Waals surface area contributed by atoms with Crippen LogP contribution < -0.4 is 0 Å². The topological polar surface area (TPSA) is 46.6 Å². The largest absolute Gasteiger partial charge is 0.448 e. The zero-order valence-electron chi connectivity index (χ0n) is 6.53. The number of hydrogen-bond donors (Lipinski definition) is 0. The smallest absolute Gasteiger partial charge is 0.282 e. The van der Waals surface area contributed by atoms with Crippen LogP contribution in [0.4, 0.5) is 0 Å². The number of nitrogens with zero attached hydrogens (tertiary/aromatic N) is 1. The molecule has 0 aliphatic carbocycles. The van der Waals surface area contributed by atoms with Gasteiger partial charge in [0.25, 0.3) is 19.9 Å². The molecular formula is C7H8BNO3.